The van der Waals surface area contributed by atoms with Gasteiger partial charge in [-0.25, -0.2) is 0 Å². The highest BCUT2D eigenvalue weighted by Gasteiger charge is 2.44. The van der Waals surface area contributed by atoms with Crippen LogP contribution in [0.15, 0.2) is 40.5 Å². The normalized spacial score (nSPS) is 30.0. The third-order valence-corrected chi connectivity index (χ3v) is 7.50. The van der Waals surface area contributed by atoms with Crippen molar-refractivity contribution in [2.24, 2.45) is 10.9 Å². The fourth-order valence-corrected chi connectivity index (χ4v) is 5.54. The number of amidine groups is 1. The van der Waals surface area contributed by atoms with E-state index in [2.05, 4.69) is 22.8 Å². The van der Waals surface area contributed by atoms with Crippen LogP contribution in [0.25, 0.3) is 0 Å². The average Bonchev–Trinajstić information content (AvgIpc) is 3.00. The van der Waals surface area contributed by atoms with Crippen LogP contribution in [0.4, 0.5) is 0 Å². The molecule has 1 saturated heterocycles. The van der Waals surface area contributed by atoms with Crippen molar-refractivity contribution in [3.05, 3.63) is 46.1 Å². The summed E-state index contributed by atoms with van der Waals surface area (Å²) in [4.78, 5) is 5.39. The van der Waals surface area contributed by atoms with Crippen molar-refractivity contribution in [3.63, 3.8) is 0 Å². The Morgan fingerprint density at radius 3 is 2.22 bits per heavy atom. The van der Waals surface area contributed by atoms with Crippen LogP contribution in [0.5, 0.6) is 0 Å². The van der Waals surface area contributed by atoms with Gasteiger partial charge in [-0.15, -0.1) is 0 Å². The van der Waals surface area contributed by atoms with Crippen molar-refractivity contribution in [3.8, 4) is 0 Å². The largest absolute Gasteiger partial charge is 0.345 e. The molecule has 1 aromatic carbocycles. The summed E-state index contributed by atoms with van der Waals surface area (Å²) in [6, 6.07) is 8.48. The van der Waals surface area contributed by atoms with Crippen LogP contribution in [-0.4, -0.2) is 24.5 Å². The highest BCUT2D eigenvalue weighted by atomic mass is 35.5. The second-order valence-corrected chi connectivity index (χ2v) is 9.27. The van der Waals surface area contributed by atoms with Gasteiger partial charge in [-0.2, -0.15) is 0 Å². The van der Waals surface area contributed by atoms with Crippen molar-refractivity contribution in [2.45, 2.75) is 69.2 Å². The standard InChI is InChI=1S/C23H30ClN3/c24-20-10-8-17(9-11-20)16-4-6-19(7-5-16)22-26-21(18-2-1-3-18)23(27-22)12-14-25-15-13-23/h8-11,16,19,25H,1-7,12-15H2,(H,26,27). The van der Waals surface area contributed by atoms with E-state index in [-0.39, 0.29) is 5.54 Å². The average molecular weight is 384 g/mol. The fraction of sp³-hybridized carbons (Fsp3) is 0.609. The predicted octanol–water partition coefficient (Wildman–Crippen LogP) is 5.18. The molecule has 2 saturated carbocycles. The Labute approximate surface area is 167 Å². The molecular weight excluding hydrogens is 354 g/mol. The van der Waals surface area contributed by atoms with E-state index in [9.17, 15) is 0 Å². The van der Waals surface area contributed by atoms with Gasteiger partial charge in [-0.3, -0.25) is 4.99 Å². The smallest absolute Gasteiger partial charge is 0.105 e. The second-order valence-electron chi connectivity index (χ2n) is 8.84. The minimum atomic E-state index is 0.0728. The van der Waals surface area contributed by atoms with Gasteiger partial charge in [0.15, 0.2) is 0 Å². The number of hydrogen-bond donors (Lipinski definition) is 2. The van der Waals surface area contributed by atoms with E-state index in [0.717, 1.165) is 31.0 Å². The maximum Gasteiger partial charge on any atom is 0.105 e. The summed E-state index contributed by atoms with van der Waals surface area (Å²) in [6.07, 6.45) is 11.2. The molecule has 4 aliphatic rings. The quantitative estimate of drug-likeness (QED) is 0.738. The van der Waals surface area contributed by atoms with Crippen LogP contribution >= 0.6 is 11.6 Å². The number of nitrogens with zero attached hydrogens (tertiary/aromatic N) is 1. The van der Waals surface area contributed by atoms with E-state index in [4.69, 9.17) is 16.6 Å². The Hall–Kier alpha value is -1.32. The van der Waals surface area contributed by atoms with E-state index in [0.29, 0.717) is 11.8 Å². The molecule has 3 fully saturated rings. The van der Waals surface area contributed by atoms with Crippen LogP contribution in [0.1, 0.15) is 69.3 Å². The van der Waals surface area contributed by atoms with Gasteiger partial charge in [-0.05, 0) is 100 Å². The maximum atomic E-state index is 6.05. The molecule has 0 atom stereocenters. The zero-order chi connectivity index (χ0) is 18.3. The summed E-state index contributed by atoms with van der Waals surface area (Å²) in [5, 5.41) is 8.23. The van der Waals surface area contributed by atoms with Gasteiger partial charge in [0.1, 0.15) is 11.4 Å². The van der Waals surface area contributed by atoms with Gasteiger partial charge in [0.25, 0.3) is 0 Å². The van der Waals surface area contributed by atoms with Gasteiger partial charge in [0.05, 0.1) is 0 Å². The number of nitrogens with one attached hydrogen (secondary N) is 2. The van der Waals surface area contributed by atoms with Gasteiger partial charge < -0.3 is 10.6 Å². The molecule has 2 heterocycles. The molecule has 3 nitrogen and oxygen atoms in total. The van der Waals surface area contributed by atoms with E-state index < -0.39 is 0 Å². The first-order valence-corrected chi connectivity index (χ1v) is 11.2. The molecule has 5 rings (SSSR count). The SMILES string of the molecule is Clc1ccc(C2CCC(C3=NC4(CCNCC4)C(=C4CCC4)N3)CC2)cc1. The second kappa shape index (κ2) is 7.25. The summed E-state index contributed by atoms with van der Waals surface area (Å²) < 4.78 is 0. The number of hydrogen-bond acceptors (Lipinski definition) is 3. The molecule has 0 unspecified atom stereocenters. The molecule has 144 valence electrons. The zero-order valence-corrected chi connectivity index (χ0v) is 16.8. The fourth-order valence-electron chi connectivity index (χ4n) is 5.41. The van der Waals surface area contributed by atoms with Crippen molar-refractivity contribution in [1.82, 2.24) is 10.6 Å². The molecule has 2 aliphatic carbocycles. The Morgan fingerprint density at radius 1 is 0.926 bits per heavy atom. The Morgan fingerprint density at radius 2 is 1.59 bits per heavy atom. The molecule has 0 amide bonds. The number of allylic oxidation sites excluding steroid dienone is 1. The van der Waals surface area contributed by atoms with E-state index >= 15 is 0 Å². The number of rotatable bonds is 2. The first-order valence-electron chi connectivity index (χ1n) is 10.8. The van der Waals surface area contributed by atoms with Crippen LogP contribution in [0.2, 0.25) is 5.02 Å². The Kier molecular flexibility index (Phi) is 4.77. The molecule has 27 heavy (non-hydrogen) atoms. The van der Waals surface area contributed by atoms with E-state index in [1.165, 1.54) is 62.0 Å². The topological polar surface area (TPSA) is 36.4 Å². The molecule has 1 aromatic rings. The number of halogens is 1. The highest BCUT2D eigenvalue weighted by Crippen LogP contribution is 2.44. The van der Waals surface area contributed by atoms with Crippen molar-refractivity contribution in [2.75, 3.05) is 13.1 Å². The van der Waals surface area contributed by atoms with Gasteiger partial charge >= 0.3 is 0 Å². The molecule has 4 heteroatoms. The summed E-state index contributed by atoms with van der Waals surface area (Å²) in [5.74, 6) is 2.59. The Balaban J connectivity index is 1.31. The lowest BCUT2D eigenvalue weighted by Gasteiger charge is -2.35. The van der Waals surface area contributed by atoms with Crippen LogP contribution in [0, 0.1) is 5.92 Å². The number of piperidine rings is 1. The lowest BCUT2D eigenvalue weighted by atomic mass is 9.78. The monoisotopic (exact) mass is 383 g/mol. The lowest BCUT2D eigenvalue weighted by molar-refractivity contribution is 0.355. The molecule has 1 spiro atoms. The molecule has 0 bridgehead atoms. The zero-order valence-electron chi connectivity index (χ0n) is 16.1. The van der Waals surface area contributed by atoms with Gasteiger partial charge in [0.2, 0.25) is 0 Å². The summed E-state index contributed by atoms with van der Waals surface area (Å²) in [6.45, 7) is 2.19. The lowest BCUT2D eigenvalue weighted by Crippen LogP contribution is -2.43. The van der Waals surface area contributed by atoms with Crippen LogP contribution in [-0.2, 0) is 0 Å². The highest BCUT2D eigenvalue weighted by molar-refractivity contribution is 6.30. The van der Waals surface area contributed by atoms with E-state index in [1.807, 2.05) is 12.1 Å². The molecular formula is C23H30ClN3. The summed E-state index contributed by atoms with van der Waals surface area (Å²) in [5.41, 5.74) is 4.69. The molecule has 2 N–H and O–H groups in total. The minimum Gasteiger partial charge on any atom is -0.345 e. The van der Waals surface area contributed by atoms with E-state index in [1.54, 1.807) is 5.57 Å². The third-order valence-electron chi connectivity index (χ3n) is 7.25. The minimum absolute atomic E-state index is 0.0728. The van der Waals surface area contributed by atoms with Gasteiger partial charge in [-0.1, -0.05) is 23.7 Å². The first kappa shape index (κ1) is 17.8. The molecule has 2 aliphatic heterocycles. The van der Waals surface area contributed by atoms with Gasteiger partial charge in [0, 0.05) is 16.6 Å². The van der Waals surface area contributed by atoms with Crippen LogP contribution < -0.4 is 10.6 Å². The third kappa shape index (κ3) is 3.34. The number of aliphatic imine (C=N–C) groups is 1. The predicted molar refractivity (Wildman–Crippen MR) is 112 cm³/mol. The van der Waals surface area contributed by atoms with Crippen molar-refractivity contribution in [1.29, 1.82) is 0 Å². The summed E-state index contributed by atoms with van der Waals surface area (Å²) >= 11 is 6.05. The summed E-state index contributed by atoms with van der Waals surface area (Å²) in [7, 11) is 0. The van der Waals surface area contributed by atoms with Crippen molar-refractivity contribution < 1.29 is 0 Å². The maximum absolute atomic E-state index is 6.05. The molecule has 0 radical (unpaired) electrons. The molecule has 0 aromatic heterocycles. The number of benzene rings is 1. The first-order chi connectivity index (χ1) is 13.2. The van der Waals surface area contributed by atoms with Crippen LogP contribution in [0.3, 0.4) is 0 Å². The van der Waals surface area contributed by atoms with Crippen molar-refractivity contribution >= 4 is 17.4 Å². The Bertz CT molecular complexity index is 744.